The summed E-state index contributed by atoms with van der Waals surface area (Å²) in [6.45, 7) is 7.94. The standard InChI is InChI=1S/C15H20N4O2/c1-4-18-14(8-11(2)17-18)10-16-9-13-6-5-7-15(12(13)3)19(20)21/h5-8,16H,4,9-10H2,1-3H3. The number of hydrogen-bond donors (Lipinski definition) is 1. The van der Waals surface area contributed by atoms with Crippen molar-refractivity contribution in [3.8, 4) is 0 Å². The van der Waals surface area contributed by atoms with E-state index < -0.39 is 0 Å². The van der Waals surface area contributed by atoms with Crippen LogP contribution in [0.5, 0.6) is 0 Å². The van der Waals surface area contributed by atoms with E-state index in [4.69, 9.17) is 0 Å². The number of nitro benzene ring substituents is 1. The van der Waals surface area contributed by atoms with Gasteiger partial charge in [-0.25, -0.2) is 0 Å². The second-order valence-electron chi connectivity index (χ2n) is 5.01. The van der Waals surface area contributed by atoms with Crippen LogP contribution in [0.4, 0.5) is 5.69 Å². The van der Waals surface area contributed by atoms with Gasteiger partial charge in [0.25, 0.3) is 5.69 Å². The Morgan fingerprint density at radius 3 is 2.76 bits per heavy atom. The number of nitrogens with one attached hydrogen (secondary N) is 1. The summed E-state index contributed by atoms with van der Waals surface area (Å²) in [7, 11) is 0. The molecule has 0 amide bonds. The van der Waals surface area contributed by atoms with Gasteiger partial charge in [-0.3, -0.25) is 14.8 Å². The SMILES string of the molecule is CCn1nc(C)cc1CNCc1cccc([N+](=O)[O-])c1C. The van der Waals surface area contributed by atoms with Crippen LogP contribution in [-0.2, 0) is 19.6 Å². The third kappa shape index (κ3) is 3.46. The van der Waals surface area contributed by atoms with Gasteiger partial charge in [0.2, 0.25) is 0 Å². The second-order valence-corrected chi connectivity index (χ2v) is 5.01. The molecule has 1 aromatic heterocycles. The van der Waals surface area contributed by atoms with E-state index in [9.17, 15) is 10.1 Å². The van der Waals surface area contributed by atoms with Gasteiger partial charge >= 0.3 is 0 Å². The fourth-order valence-electron chi connectivity index (χ4n) is 2.40. The molecular weight excluding hydrogens is 268 g/mol. The summed E-state index contributed by atoms with van der Waals surface area (Å²) in [5, 5.41) is 18.7. The lowest BCUT2D eigenvalue weighted by Crippen LogP contribution is -2.17. The van der Waals surface area contributed by atoms with Crippen molar-refractivity contribution in [1.82, 2.24) is 15.1 Å². The van der Waals surface area contributed by atoms with E-state index in [0.29, 0.717) is 13.1 Å². The molecule has 0 saturated carbocycles. The molecule has 0 atom stereocenters. The van der Waals surface area contributed by atoms with Crippen LogP contribution >= 0.6 is 0 Å². The highest BCUT2D eigenvalue weighted by molar-refractivity contribution is 5.44. The topological polar surface area (TPSA) is 73.0 Å². The lowest BCUT2D eigenvalue weighted by atomic mass is 10.1. The first-order valence-electron chi connectivity index (χ1n) is 6.99. The quantitative estimate of drug-likeness (QED) is 0.655. The molecule has 6 heteroatoms. The van der Waals surface area contributed by atoms with E-state index in [1.165, 1.54) is 6.07 Å². The summed E-state index contributed by atoms with van der Waals surface area (Å²) in [6.07, 6.45) is 0. The first kappa shape index (κ1) is 15.2. The molecule has 0 spiro atoms. The summed E-state index contributed by atoms with van der Waals surface area (Å²) in [5.41, 5.74) is 3.96. The number of aryl methyl sites for hydroxylation is 2. The molecule has 0 aliphatic heterocycles. The van der Waals surface area contributed by atoms with Gasteiger partial charge in [-0.15, -0.1) is 0 Å². The highest BCUT2D eigenvalue weighted by Crippen LogP contribution is 2.20. The minimum Gasteiger partial charge on any atom is -0.307 e. The molecule has 0 fully saturated rings. The third-order valence-corrected chi connectivity index (χ3v) is 3.52. The molecule has 0 radical (unpaired) electrons. The molecule has 1 aromatic carbocycles. The van der Waals surface area contributed by atoms with Gasteiger partial charge in [0, 0.05) is 31.3 Å². The minimum atomic E-state index is -0.339. The van der Waals surface area contributed by atoms with Crippen LogP contribution in [0.2, 0.25) is 0 Å². The van der Waals surface area contributed by atoms with Crippen LogP contribution in [-0.4, -0.2) is 14.7 Å². The third-order valence-electron chi connectivity index (χ3n) is 3.52. The van der Waals surface area contributed by atoms with Gasteiger partial charge in [-0.1, -0.05) is 12.1 Å². The Labute approximate surface area is 123 Å². The number of benzene rings is 1. The molecule has 0 saturated heterocycles. The fraction of sp³-hybridized carbons (Fsp3) is 0.400. The Kier molecular flexibility index (Phi) is 4.70. The van der Waals surface area contributed by atoms with Crippen LogP contribution in [0, 0.1) is 24.0 Å². The molecule has 0 unspecified atom stereocenters. The number of hydrogen-bond acceptors (Lipinski definition) is 4. The maximum absolute atomic E-state index is 10.9. The summed E-state index contributed by atoms with van der Waals surface area (Å²) in [6, 6.07) is 7.23. The number of aromatic nitrogens is 2. The van der Waals surface area contributed by atoms with Crippen LogP contribution in [0.15, 0.2) is 24.3 Å². The summed E-state index contributed by atoms with van der Waals surface area (Å²) in [4.78, 5) is 10.6. The van der Waals surface area contributed by atoms with E-state index >= 15 is 0 Å². The molecule has 21 heavy (non-hydrogen) atoms. The Morgan fingerprint density at radius 1 is 1.33 bits per heavy atom. The molecule has 1 N–H and O–H groups in total. The second kappa shape index (κ2) is 6.49. The zero-order valence-corrected chi connectivity index (χ0v) is 12.6. The molecule has 6 nitrogen and oxygen atoms in total. The van der Waals surface area contributed by atoms with E-state index in [1.54, 1.807) is 13.0 Å². The number of rotatable bonds is 6. The van der Waals surface area contributed by atoms with Gasteiger partial charge in [-0.2, -0.15) is 5.10 Å². The van der Waals surface area contributed by atoms with Crippen molar-refractivity contribution in [3.63, 3.8) is 0 Å². The van der Waals surface area contributed by atoms with Gasteiger partial charge in [0.05, 0.1) is 16.3 Å². The first-order chi connectivity index (χ1) is 10.0. The van der Waals surface area contributed by atoms with Crippen molar-refractivity contribution in [1.29, 1.82) is 0 Å². The van der Waals surface area contributed by atoms with Gasteiger partial charge < -0.3 is 5.32 Å². The van der Waals surface area contributed by atoms with Crippen LogP contribution in [0.1, 0.15) is 29.4 Å². The Hall–Kier alpha value is -2.21. The lowest BCUT2D eigenvalue weighted by molar-refractivity contribution is -0.385. The molecule has 0 aliphatic rings. The predicted octanol–water partition coefficient (Wildman–Crippen LogP) is 2.72. The monoisotopic (exact) mass is 288 g/mol. The van der Waals surface area contributed by atoms with Crippen molar-refractivity contribution in [3.05, 3.63) is 56.9 Å². The summed E-state index contributed by atoms with van der Waals surface area (Å²) in [5.74, 6) is 0. The van der Waals surface area contributed by atoms with Crippen LogP contribution in [0.3, 0.4) is 0 Å². The maximum atomic E-state index is 10.9. The van der Waals surface area contributed by atoms with Crippen molar-refractivity contribution >= 4 is 5.69 Å². The highest BCUT2D eigenvalue weighted by Gasteiger charge is 2.12. The smallest absolute Gasteiger partial charge is 0.272 e. The van der Waals surface area contributed by atoms with E-state index in [2.05, 4.69) is 23.4 Å². The normalized spacial score (nSPS) is 10.8. The maximum Gasteiger partial charge on any atom is 0.272 e. The fourth-order valence-corrected chi connectivity index (χ4v) is 2.40. The summed E-state index contributed by atoms with van der Waals surface area (Å²) >= 11 is 0. The van der Waals surface area contributed by atoms with Crippen LogP contribution < -0.4 is 5.32 Å². The van der Waals surface area contributed by atoms with Crippen molar-refractivity contribution in [2.45, 2.75) is 40.4 Å². The van der Waals surface area contributed by atoms with Crippen molar-refractivity contribution in [2.75, 3.05) is 0 Å². The molecule has 0 bridgehead atoms. The Morgan fingerprint density at radius 2 is 2.10 bits per heavy atom. The van der Waals surface area contributed by atoms with E-state index in [0.717, 1.165) is 29.1 Å². The predicted molar refractivity (Wildman–Crippen MR) is 81.0 cm³/mol. The summed E-state index contributed by atoms with van der Waals surface area (Å²) < 4.78 is 1.96. The highest BCUT2D eigenvalue weighted by atomic mass is 16.6. The zero-order valence-electron chi connectivity index (χ0n) is 12.6. The molecule has 112 valence electrons. The lowest BCUT2D eigenvalue weighted by Gasteiger charge is -2.09. The Bertz CT molecular complexity index is 649. The van der Waals surface area contributed by atoms with Gasteiger partial charge in [0.15, 0.2) is 0 Å². The molecule has 2 rings (SSSR count). The minimum absolute atomic E-state index is 0.170. The Balaban J connectivity index is 2.04. The molecule has 0 aliphatic carbocycles. The first-order valence-corrected chi connectivity index (χ1v) is 6.99. The molecule has 1 heterocycles. The average molecular weight is 288 g/mol. The van der Waals surface area contributed by atoms with Crippen molar-refractivity contribution in [2.24, 2.45) is 0 Å². The van der Waals surface area contributed by atoms with Gasteiger partial charge in [-0.05, 0) is 32.4 Å². The molecular formula is C15H20N4O2. The number of nitro groups is 1. The molecule has 2 aromatic rings. The largest absolute Gasteiger partial charge is 0.307 e. The van der Waals surface area contributed by atoms with Gasteiger partial charge in [0.1, 0.15) is 0 Å². The zero-order chi connectivity index (χ0) is 15.4. The van der Waals surface area contributed by atoms with E-state index in [1.807, 2.05) is 17.7 Å². The number of nitrogens with zero attached hydrogens (tertiary/aromatic N) is 3. The van der Waals surface area contributed by atoms with Crippen molar-refractivity contribution < 1.29 is 4.92 Å². The average Bonchev–Trinajstić information content (AvgIpc) is 2.80. The van der Waals surface area contributed by atoms with Crippen LogP contribution in [0.25, 0.3) is 0 Å². The van der Waals surface area contributed by atoms with E-state index in [-0.39, 0.29) is 10.6 Å².